The van der Waals surface area contributed by atoms with Gasteiger partial charge < -0.3 is 9.47 Å². The van der Waals surface area contributed by atoms with Gasteiger partial charge in [-0.1, -0.05) is 35.9 Å². The lowest BCUT2D eigenvalue weighted by molar-refractivity contribution is -0.122. The molecule has 3 aromatic carbocycles. The van der Waals surface area contributed by atoms with Crippen LogP contribution in [-0.4, -0.2) is 24.5 Å². The normalized spacial score (nSPS) is 14.7. The number of ether oxygens (including phenoxy) is 2. The molecule has 8 heteroatoms. The highest BCUT2D eigenvalue weighted by atomic mass is 19.1. The highest BCUT2D eigenvalue weighted by Crippen LogP contribution is 2.31. The number of barbiturate groups is 1. The number of nitrogens with zero attached hydrogens (tertiary/aromatic N) is 1. The lowest BCUT2D eigenvalue weighted by Crippen LogP contribution is -2.54. The first-order chi connectivity index (χ1) is 17.3. The van der Waals surface area contributed by atoms with Crippen LogP contribution in [0.1, 0.15) is 29.2 Å². The predicted octanol–water partition coefficient (Wildman–Crippen LogP) is 5.09. The van der Waals surface area contributed by atoms with Gasteiger partial charge in [0.25, 0.3) is 11.8 Å². The van der Waals surface area contributed by atoms with Gasteiger partial charge in [0.2, 0.25) is 0 Å². The fourth-order valence-corrected chi connectivity index (χ4v) is 3.89. The Morgan fingerprint density at radius 1 is 0.944 bits per heavy atom. The summed E-state index contributed by atoms with van der Waals surface area (Å²) < 4.78 is 25.0. The summed E-state index contributed by atoms with van der Waals surface area (Å²) in [5.74, 6) is -1.04. The Labute approximate surface area is 208 Å². The van der Waals surface area contributed by atoms with Crippen LogP contribution in [-0.2, 0) is 16.2 Å². The van der Waals surface area contributed by atoms with Crippen LogP contribution in [0.3, 0.4) is 0 Å². The number of amides is 4. The number of hydrogen-bond acceptors (Lipinski definition) is 5. The summed E-state index contributed by atoms with van der Waals surface area (Å²) in [6.07, 6.45) is 1.40. The molecule has 7 nitrogen and oxygen atoms in total. The van der Waals surface area contributed by atoms with Crippen molar-refractivity contribution in [2.45, 2.75) is 27.4 Å². The van der Waals surface area contributed by atoms with Crippen molar-refractivity contribution < 1.29 is 28.2 Å². The van der Waals surface area contributed by atoms with Gasteiger partial charge in [-0.05, 0) is 73.9 Å². The van der Waals surface area contributed by atoms with Crippen molar-refractivity contribution >= 4 is 29.6 Å². The molecular weight excluding hydrogens is 463 g/mol. The number of nitrogens with one attached hydrogen (secondary N) is 1. The van der Waals surface area contributed by atoms with Crippen molar-refractivity contribution in [1.82, 2.24) is 5.32 Å². The SMILES string of the molecule is CCOc1cc(/C=C2\C(=O)NC(=O)N(c3ccc(C)cc3C)C2=O)ccc1OCc1cccc(F)c1. The fraction of sp³-hybridized carbons (Fsp3) is 0.179. The van der Waals surface area contributed by atoms with Crippen LogP contribution < -0.4 is 19.7 Å². The molecule has 1 N–H and O–H groups in total. The van der Waals surface area contributed by atoms with E-state index in [0.717, 1.165) is 16.0 Å². The summed E-state index contributed by atoms with van der Waals surface area (Å²) in [6, 6.07) is 15.6. The standard InChI is InChI=1S/C28H25FN2O5/c1-4-35-25-15-19(9-11-24(25)36-16-20-6-5-7-21(29)13-20)14-22-26(32)30-28(34)31(27(22)33)23-10-8-17(2)12-18(23)3/h5-15H,4,16H2,1-3H3,(H,30,32,34)/b22-14+. The lowest BCUT2D eigenvalue weighted by Gasteiger charge is -2.27. The number of imide groups is 2. The molecule has 0 atom stereocenters. The summed E-state index contributed by atoms with van der Waals surface area (Å²) in [7, 11) is 0. The molecule has 1 heterocycles. The molecule has 4 rings (SSSR count). The van der Waals surface area contributed by atoms with Gasteiger partial charge in [-0.15, -0.1) is 0 Å². The summed E-state index contributed by atoms with van der Waals surface area (Å²) in [5.41, 5.74) is 3.08. The van der Waals surface area contributed by atoms with Crippen molar-refractivity contribution in [2.75, 3.05) is 11.5 Å². The van der Waals surface area contributed by atoms with Crippen LogP contribution in [0.5, 0.6) is 11.5 Å². The summed E-state index contributed by atoms with van der Waals surface area (Å²) in [4.78, 5) is 39.3. The molecule has 0 saturated carbocycles. The molecule has 1 aliphatic rings. The minimum absolute atomic E-state index is 0.131. The van der Waals surface area contributed by atoms with E-state index in [0.29, 0.717) is 34.9 Å². The molecule has 1 fully saturated rings. The zero-order valence-electron chi connectivity index (χ0n) is 20.1. The Morgan fingerprint density at radius 2 is 1.75 bits per heavy atom. The van der Waals surface area contributed by atoms with Gasteiger partial charge in [-0.25, -0.2) is 14.1 Å². The van der Waals surface area contributed by atoms with E-state index in [1.54, 1.807) is 49.4 Å². The second-order valence-corrected chi connectivity index (χ2v) is 8.31. The fourth-order valence-electron chi connectivity index (χ4n) is 3.89. The van der Waals surface area contributed by atoms with E-state index in [1.165, 1.54) is 18.2 Å². The van der Waals surface area contributed by atoms with Crippen LogP contribution in [0, 0.1) is 19.7 Å². The van der Waals surface area contributed by atoms with Crippen molar-refractivity contribution in [3.8, 4) is 11.5 Å². The minimum Gasteiger partial charge on any atom is -0.490 e. The zero-order valence-corrected chi connectivity index (χ0v) is 20.1. The molecule has 36 heavy (non-hydrogen) atoms. The van der Waals surface area contributed by atoms with Gasteiger partial charge in [0.1, 0.15) is 18.0 Å². The van der Waals surface area contributed by atoms with E-state index < -0.39 is 17.8 Å². The highest BCUT2D eigenvalue weighted by Gasteiger charge is 2.37. The monoisotopic (exact) mass is 488 g/mol. The topological polar surface area (TPSA) is 84.9 Å². The van der Waals surface area contributed by atoms with Crippen molar-refractivity contribution in [3.05, 3.63) is 94.3 Å². The summed E-state index contributed by atoms with van der Waals surface area (Å²) >= 11 is 0. The Bertz CT molecular complexity index is 1380. The maximum atomic E-state index is 13.5. The molecule has 0 radical (unpaired) electrons. The number of aryl methyl sites for hydroxylation is 2. The van der Waals surface area contributed by atoms with Gasteiger partial charge in [0.05, 0.1) is 12.3 Å². The van der Waals surface area contributed by atoms with E-state index in [4.69, 9.17) is 9.47 Å². The smallest absolute Gasteiger partial charge is 0.335 e. The first-order valence-electron chi connectivity index (χ1n) is 11.4. The third-order valence-electron chi connectivity index (χ3n) is 5.56. The second-order valence-electron chi connectivity index (χ2n) is 8.31. The molecule has 0 aromatic heterocycles. The average molecular weight is 489 g/mol. The Kier molecular flexibility index (Phi) is 7.15. The van der Waals surface area contributed by atoms with Crippen LogP contribution in [0.15, 0.2) is 66.2 Å². The number of benzene rings is 3. The van der Waals surface area contributed by atoms with Gasteiger partial charge >= 0.3 is 6.03 Å². The number of halogens is 1. The first kappa shape index (κ1) is 24.7. The molecule has 1 saturated heterocycles. The second kappa shape index (κ2) is 10.4. The quantitative estimate of drug-likeness (QED) is 0.370. The van der Waals surface area contributed by atoms with E-state index in [2.05, 4.69) is 5.32 Å². The summed E-state index contributed by atoms with van der Waals surface area (Å²) in [5, 5.41) is 2.24. The zero-order chi connectivity index (χ0) is 25.8. The largest absolute Gasteiger partial charge is 0.490 e. The molecule has 1 aliphatic heterocycles. The van der Waals surface area contributed by atoms with Crippen LogP contribution in [0.4, 0.5) is 14.9 Å². The van der Waals surface area contributed by atoms with Crippen LogP contribution in [0.2, 0.25) is 0 Å². The minimum atomic E-state index is -0.801. The molecular formula is C28H25FN2O5. The van der Waals surface area contributed by atoms with E-state index in [9.17, 15) is 18.8 Å². The Hall–Kier alpha value is -4.46. The number of urea groups is 1. The van der Waals surface area contributed by atoms with E-state index in [-0.39, 0.29) is 18.0 Å². The first-order valence-corrected chi connectivity index (χ1v) is 11.4. The van der Waals surface area contributed by atoms with Crippen LogP contribution >= 0.6 is 0 Å². The molecule has 4 amide bonds. The van der Waals surface area contributed by atoms with E-state index in [1.807, 2.05) is 19.9 Å². The van der Waals surface area contributed by atoms with Crippen LogP contribution in [0.25, 0.3) is 6.08 Å². The number of anilines is 1. The summed E-state index contributed by atoms with van der Waals surface area (Å²) in [6.45, 7) is 5.99. The molecule has 0 spiro atoms. The number of carbonyl (C=O) groups excluding carboxylic acids is 3. The Morgan fingerprint density at radius 3 is 2.47 bits per heavy atom. The van der Waals surface area contributed by atoms with Crippen molar-refractivity contribution in [3.63, 3.8) is 0 Å². The number of carbonyl (C=O) groups is 3. The van der Waals surface area contributed by atoms with Gasteiger partial charge in [-0.2, -0.15) is 0 Å². The predicted molar refractivity (Wildman–Crippen MR) is 133 cm³/mol. The molecule has 0 aliphatic carbocycles. The maximum absolute atomic E-state index is 13.5. The third-order valence-corrected chi connectivity index (χ3v) is 5.56. The lowest BCUT2D eigenvalue weighted by atomic mass is 10.0. The van der Waals surface area contributed by atoms with Crippen molar-refractivity contribution in [1.29, 1.82) is 0 Å². The molecule has 0 unspecified atom stereocenters. The Balaban J connectivity index is 1.63. The average Bonchev–Trinajstić information content (AvgIpc) is 2.83. The molecule has 184 valence electrons. The van der Waals surface area contributed by atoms with E-state index >= 15 is 0 Å². The molecule has 0 bridgehead atoms. The number of hydrogen-bond donors (Lipinski definition) is 1. The van der Waals surface area contributed by atoms with Gasteiger partial charge in [0.15, 0.2) is 11.5 Å². The van der Waals surface area contributed by atoms with Crippen molar-refractivity contribution in [2.24, 2.45) is 0 Å². The maximum Gasteiger partial charge on any atom is 0.335 e. The third kappa shape index (κ3) is 5.27. The van der Waals surface area contributed by atoms with Gasteiger partial charge in [-0.3, -0.25) is 14.9 Å². The van der Waals surface area contributed by atoms with Gasteiger partial charge in [0, 0.05) is 0 Å². The number of rotatable bonds is 7. The molecule has 3 aromatic rings. The highest BCUT2D eigenvalue weighted by molar-refractivity contribution is 6.39.